The van der Waals surface area contributed by atoms with Gasteiger partial charge in [0.25, 0.3) is 0 Å². The van der Waals surface area contributed by atoms with Gasteiger partial charge >= 0.3 is 12.1 Å². The van der Waals surface area contributed by atoms with Crippen LogP contribution in [0.3, 0.4) is 0 Å². The van der Waals surface area contributed by atoms with Crippen molar-refractivity contribution in [2.24, 2.45) is 0 Å². The van der Waals surface area contributed by atoms with Crippen LogP contribution in [0.5, 0.6) is 0 Å². The molecule has 0 aromatic carbocycles. The summed E-state index contributed by atoms with van der Waals surface area (Å²) in [5.41, 5.74) is 0. The van der Waals surface area contributed by atoms with E-state index in [-0.39, 0.29) is 12.7 Å². The fourth-order valence-electron chi connectivity index (χ4n) is 0.413. The maximum Gasteiger partial charge on any atom is 0.410 e. The second-order valence-electron chi connectivity index (χ2n) is 2.04. The van der Waals surface area contributed by atoms with Crippen molar-refractivity contribution in [1.82, 2.24) is 0 Å². The highest BCUT2D eigenvalue weighted by atomic mass is 19.4. The number of alkyl halides is 3. The zero-order chi connectivity index (χ0) is 9.61. The van der Waals surface area contributed by atoms with Gasteiger partial charge in [0.05, 0.1) is 6.61 Å². The van der Waals surface area contributed by atoms with Gasteiger partial charge in [-0.2, -0.15) is 13.2 Å². The van der Waals surface area contributed by atoms with Crippen LogP contribution in [-0.4, -0.2) is 18.8 Å². The molecule has 0 amide bonds. The Labute approximate surface area is 68.0 Å². The molecule has 12 heavy (non-hydrogen) atoms. The Morgan fingerprint density at radius 1 is 1.50 bits per heavy atom. The van der Waals surface area contributed by atoms with Gasteiger partial charge < -0.3 is 4.74 Å². The standard InChI is InChI=1S/C7H9F3O2/c1-2-5-12-6(11)3-4-7(8,9)10/h3-4H,2,5H2,1H3/b4-3+. The molecule has 0 aromatic rings. The third kappa shape index (κ3) is 7.11. The van der Waals surface area contributed by atoms with Gasteiger partial charge in [-0.25, -0.2) is 4.79 Å². The van der Waals surface area contributed by atoms with Crippen molar-refractivity contribution in [1.29, 1.82) is 0 Å². The van der Waals surface area contributed by atoms with E-state index in [4.69, 9.17) is 0 Å². The maximum atomic E-state index is 11.4. The number of allylic oxidation sites excluding steroid dienone is 1. The van der Waals surface area contributed by atoms with Crippen molar-refractivity contribution in [2.75, 3.05) is 6.61 Å². The molecule has 2 nitrogen and oxygen atoms in total. The summed E-state index contributed by atoms with van der Waals surface area (Å²) in [6.07, 6.45) is -3.64. The Bertz CT molecular complexity index is 172. The zero-order valence-electron chi connectivity index (χ0n) is 6.52. The minimum absolute atomic E-state index is 0.140. The highest BCUT2D eigenvalue weighted by molar-refractivity contribution is 5.81. The van der Waals surface area contributed by atoms with Crippen LogP contribution in [0.2, 0.25) is 0 Å². The van der Waals surface area contributed by atoms with E-state index in [1.807, 2.05) is 0 Å². The summed E-state index contributed by atoms with van der Waals surface area (Å²) in [6.45, 7) is 1.89. The summed E-state index contributed by atoms with van der Waals surface area (Å²) in [6, 6.07) is 0. The van der Waals surface area contributed by atoms with Gasteiger partial charge in [0, 0.05) is 12.2 Å². The van der Waals surface area contributed by atoms with Crippen LogP contribution in [0.1, 0.15) is 13.3 Å². The number of esters is 1. The van der Waals surface area contributed by atoms with E-state index in [1.165, 1.54) is 0 Å². The lowest BCUT2D eigenvalue weighted by molar-refractivity contribution is -0.138. The van der Waals surface area contributed by atoms with Gasteiger partial charge in [-0.3, -0.25) is 0 Å². The molecule has 0 saturated carbocycles. The highest BCUT2D eigenvalue weighted by Crippen LogP contribution is 2.15. The van der Waals surface area contributed by atoms with Crippen LogP contribution in [0.25, 0.3) is 0 Å². The fraction of sp³-hybridized carbons (Fsp3) is 0.571. The zero-order valence-corrected chi connectivity index (χ0v) is 6.52. The van der Waals surface area contributed by atoms with Gasteiger partial charge in [-0.15, -0.1) is 0 Å². The molecule has 0 bridgehead atoms. The Morgan fingerprint density at radius 2 is 2.08 bits per heavy atom. The summed E-state index contributed by atoms with van der Waals surface area (Å²) < 4.78 is 38.7. The van der Waals surface area contributed by atoms with Gasteiger partial charge in [0.2, 0.25) is 0 Å². The van der Waals surface area contributed by atoms with Crippen LogP contribution in [-0.2, 0) is 9.53 Å². The predicted octanol–water partition coefficient (Wildman–Crippen LogP) is 2.06. The first-order valence-corrected chi connectivity index (χ1v) is 3.38. The third-order valence-electron chi connectivity index (χ3n) is 0.857. The number of ether oxygens (including phenoxy) is 1. The summed E-state index contributed by atoms with van der Waals surface area (Å²) in [4.78, 5) is 10.4. The van der Waals surface area contributed by atoms with Crippen LogP contribution >= 0.6 is 0 Å². The van der Waals surface area contributed by atoms with Crippen molar-refractivity contribution >= 4 is 5.97 Å². The molecule has 0 rings (SSSR count). The monoisotopic (exact) mass is 182 g/mol. The molecule has 0 heterocycles. The Morgan fingerprint density at radius 3 is 2.50 bits per heavy atom. The number of carbonyl (C=O) groups excluding carboxylic acids is 1. The summed E-state index contributed by atoms with van der Waals surface area (Å²) in [5.74, 6) is -0.964. The maximum absolute atomic E-state index is 11.4. The second kappa shape index (κ2) is 4.79. The van der Waals surface area contributed by atoms with Crippen LogP contribution in [0.15, 0.2) is 12.2 Å². The Kier molecular flexibility index (Phi) is 4.39. The molecule has 0 fully saturated rings. The fourth-order valence-corrected chi connectivity index (χ4v) is 0.413. The molecule has 0 aliphatic rings. The van der Waals surface area contributed by atoms with Gasteiger partial charge in [-0.1, -0.05) is 6.92 Å². The normalized spacial score (nSPS) is 12.0. The molecule has 0 N–H and O–H groups in total. The predicted molar refractivity (Wildman–Crippen MR) is 36.4 cm³/mol. The molecule has 0 aliphatic carbocycles. The average Bonchev–Trinajstić information content (AvgIpc) is 1.95. The first-order valence-electron chi connectivity index (χ1n) is 3.38. The van der Waals surface area contributed by atoms with Crippen LogP contribution < -0.4 is 0 Å². The van der Waals surface area contributed by atoms with E-state index in [1.54, 1.807) is 6.92 Å². The number of hydrogen-bond donors (Lipinski definition) is 0. The highest BCUT2D eigenvalue weighted by Gasteiger charge is 2.22. The SMILES string of the molecule is CCCOC(=O)/C=C/C(F)(F)F. The van der Waals surface area contributed by atoms with E-state index in [0.29, 0.717) is 12.5 Å². The third-order valence-corrected chi connectivity index (χ3v) is 0.857. The number of carbonyl (C=O) groups is 1. The summed E-state index contributed by atoms with van der Waals surface area (Å²) in [7, 11) is 0. The molecule has 5 heteroatoms. The molecule has 70 valence electrons. The molecule has 0 spiro atoms. The van der Waals surface area contributed by atoms with Crippen LogP contribution in [0, 0.1) is 0 Å². The lowest BCUT2D eigenvalue weighted by Crippen LogP contribution is -2.06. The molecule has 0 atom stereocenters. The number of hydrogen-bond acceptors (Lipinski definition) is 2. The van der Waals surface area contributed by atoms with E-state index in [9.17, 15) is 18.0 Å². The Hall–Kier alpha value is -1.00. The smallest absolute Gasteiger partial charge is 0.410 e. The number of halogens is 3. The molecular formula is C7H9F3O2. The molecule has 0 aliphatic heterocycles. The minimum Gasteiger partial charge on any atom is -0.463 e. The first-order chi connectivity index (χ1) is 5.45. The van der Waals surface area contributed by atoms with Crippen molar-refractivity contribution in [2.45, 2.75) is 19.5 Å². The lowest BCUT2D eigenvalue weighted by atomic mass is 10.5. The molecule has 0 aromatic heterocycles. The topological polar surface area (TPSA) is 26.3 Å². The van der Waals surface area contributed by atoms with Gasteiger partial charge in [0.1, 0.15) is 0 Å². The van der Waals surface area contributed by atoms with Crippen molar-refractivity contribution < 1.29 is 22.7 Å². The van der Waals surface area contributed by atoms with Crippen molar-refractivity contribution in [3.05, 3.63) is 12.2 Å². The molecular weight excluding hydrogens is 173 g/mol. The second-order valence-corrected chi connectivity index (χ2v) is 2.04. The molecule has 0 unspecified atom stereocenters. The number of rotatable bonds is 3. The largest absolute Gasteiger partial charge is 0.463 e. The molecule has 0 radical (unpaired) electrons. The molecule has 0 saturated heterocycles. The van der Waals surface area contributed by atoms with E-state index >= 15 is 0 Å². The minimum atomic E-state index is -4.45. The van der Waals surface area contributed by atoms with Crippen molar-refractivity contribution in [3.63, 3.8) is 0 Å². The van der Waals surface area contributed by atoms with Gasteiger partial charge in [-0.05, 0) is 6.42 Å². The quantitative estimate of drug-likeness (QED) is 0.493. The van der Waals surface area contributed by atoms with E-state index < -0.39 is 12.1 Å². The van der Waals surface area contributed by atoms with Crippen LogP contribution in [0.4, 0.5) is 13.2 Å². The first kappa shape index (κ1) is 11.0. The summed E-state index contributed by atoms with van der Waals surface area (Å²) in [5, 5.41) is 0. The van der Waals surface area contributed by atoms with E-state index in [0.717, 1.165) is 0 Å². The lowest BCUT2D eigenvalue weighted by Gasteiger charge is -1.99. The Balaban J connectivity index is 3.76. The van der Waals surface area contributed by atoms with Gasteiger partial charge in [0.15, 0.2) is 0 Å². The summed E-state index contributed by atoms with van der Waals surface area (Å²) >= 11 is 0. The van der Waals surface area contributed by atoms with Crippen molar-refractivity contribution in [3.8, 4) is 0 Å². The average molecular weight is 182 g/mol. The van der Waals surface area contributed by atoms with E-state index in [2.05, 4.69) is 4.74 Å².